The lowest BCUT2D eigenvalue weighted by atomic mass is 9.98. The second-order valence-electron chi connectivity index (χ2n) is 5.98. The van der Waals surface area contributed by atoms with E-state index in [2.05, 4.69) is 74.0 Å². The molecule has 1 unspecified atom stereocenters. The van der Waals surface area contributed by atoms with Gasteiger partial charge in [-0.05, 0) is 57.9 Å². The Labute approximate surface area is 128 Å². The van der Waals surface area contributed by atoms with E-state index in [9.17, 15) is 0 Å². The van der Waals surface area contributed by atoms with E-state index in [1.165, 1.54) is 22.4 Å². The van der Waals surface area contributed by atoms with Crippen molar-refractivity contribution in [2.75, 3.05) is 6.54 Å². The fourth-order valence-corrected chi connectivity index (χ4v) is 2.76. The van der Waals surface area contributed by atoms with Crippen molar-refractivity contribution < 1.29 is 0 Å². The molecule has 0 saturated heterocycles. The van der Waals surface area contributed by atoms with E-state index in [0.717, 1.165) is 25.2 Å². The third-order valence-corrected chi connectivity index (χ3v) is 3.91. The minimum absolute atomic E-state index is 0.308. The van der Waals surface area contributed by atoms with Crippen molar-refractivity contribution in [1.82, 2.24) is 15.1 Å². The Hall–Kier alpha value is -1.61. The van der Waals surface area contributed by atoms with Crippen LogP contribution in [0.3, 0.4) is 0 Å². The Bertz CT molecular complexity index is 599. The normalized spacial score (nSPS) is 12.6. The second kappa shape index (κ2) is 6.90. The molecule has 1 aromatic carbocycles. The number of aromatic nitrogens is 2. The van der Waals surface area contributed by atoms with E-state index in [1.807, 2.05) is 0 Å². The number of aryl methyl sites for hydroxylation is 4. The standard InChI is InChI=1S/C18H27N3/c1-6-9-19-18(12-21-16(5)11-15(4)20-21)17-10-13(2)7-8-14(17)3/h7-8,10-11,18-19H,6,9,12H2,1-5H3. The maximum Gasteiger partial charge on any atom is 0.0607 e. The molecule has 1 atom stereocenters. The van der Waals surface area contributed by atoms with Crippen LogP contribution in [0.4, 0.5) is 0 Å². The minimum atomic E-state index is 0.308. The molecule has 1 N–H and O–H groups in total. The van der Waals surface area contributed by atoms with Crippen molar-refractivity contribution in [3.8, 4) is 0 Å². The van der Waals surface area contributed by atoms with E-state index < -0.39 is 0 Å². The van der Waals surface area contributed by atoms with Gasteiger partial charge >= 0.3 is 0 Å². The second-order valence-corrected chi connectivity index (χ2v) is 5.98. The summed E-state index contributed by atoms with van der Waals surface area (Å²) in [5, 5.41) is 8.29. The summed E-state index contributed by atoms with van der Waals surface area (Å²) >= 11 is 0. The van der Waals surface area contributed by atoms with Crippen LogP contribution in [-0.4, -0.2) is 16.3 Å². The van der Waals surface area contributed by atoms with Crippen LogP contribution in [0.2, 0.25) is 0 Å². The Morgan fingerprint density at radius 3 is 2.52 bits per heavy atom. The smallest absolute Gasteiger partial charge is 0.0607 e. The molecule has 2 aromatic rings. The molecular weight excluding hydrogens is 258 g/mol. The molecule has 1 aromatic heterocycles. The molecule has 0 fully saturated rings. The first-order chi connectivity index (χ1) is 10.0. The van der Waals surface area contributed by atoms with Gasteiger partial charge in [-0.15, -0.1) is 0 Å². The predicted octanol–water partition coefficient (Wildman–Crippen LogP) is 3.86. The summed E-state index contributed by atoms with van der Waals surface area (Å²) in [5.74, 6) is 0. The summed E-state index contributed by atoms with van der Waals surface area (Å²) in [6, 6.07) is 9.14. The van der Waals surface area contributed by atoms with E-state index in [4.69, 9.17) is 0 Å². The lowest BCUT2D eigenvalue weighted by Gasteiger charge is -2.22. The van der Waals surface area contributed by atoms with Gasteiger partial charge in [0.25, 0.3) is 0 Å². The molecule has 3 heteroatoms. The molecule has 0 amide bonds. The largest absolute Gasteiger partial charge is 0.308 e. The number of nitrogens with zero attached hydrogens (tertiary/aromatic N) is 2. The van der Waals surface area contributed by atoms with Crippen LogP contribution in [-0.2, 0) is 6.54 Å². The monoisotopic (exact) mass is 285 g/mol. The highest BCUT2D eigenvalue weighted by molar-refractivity contribution is 5.33. The first-order valence-corrected chi connectivity index (χ1v) is 7.83. The Kier molecular flexibility index (Phi) is 5.18. The topological polar surface area (TPSA) is 29.9 Å². The zero-order chi connectivity index (χ0) is 15.4. The first-order valence-electron chi connectivity index (χ1n) is 7.83. The summed E-state index contributed by atoms with van der Waals surface area (Å²) in [4.78, 5) is 0. The molecule has 0 aliphatic carbocycles. The minimum Gasteiger partial charge on any atom is -0.308 e. The summed E-state index contributed by atoms with van der Waals surface area (Å²) in [7, 11) is 0. The predicted molar refractivity (Wildman–Crippen MR) is 88.7 cm³/mol. The zero-order valence-corrected chi connectivity index (χ0v) is 13.9. The molecular formula is C18H27N3. The van der Waals surface area contributed by atoms with Crippen LogP contribution in [0.5, 0.6) is 0 Å². The van der Waals surface area contributed by atoms with E-state index >= 15 is 0 Å². The van der Waals surface area contributed by atoms with E-state index in [0.29, 0.717) is 6.04 Å². The third-order valence-electron chi connectivity index (χ3n) is 3.91. The molecule has 0 bridgehead atoms. The maximum atomic E-state index is 4.61. The summed E-state index contributed by atoms with van der Waals surface area (Å²) < 4.78 is 2.12. The summed E-state index contributed by atoms with van der Waals surface area (Å²) in [6.45, 7) is 12.6. The molecule has 1 heterocycles. The number of nitrogens with one attached hydrogen (secondary N) is 1. The highest BCUT2D eigenvalue weighted by atomic mass is 15.3. The SMILES string of the molecule is CCCNC(Cn1nc(C)cc1C)c1cc(C)ccc1C. The fourth-order valence-electron chi connectivity index (χ4n) is 2.76. The van der Waals surface area contributed by atoms with Gasteiger partial charge in [0.15, 0.2) is 0 Å². The highest BCUT2D eigenvalue weighted by Crippen LogP contribution is 2.21. The average molecular weight is 285 g/mol. The van der Waals surface area contributed by atoms with Crippen LogP contribution in [0.1, 0.15) is 47.5 Å². The Balaban J connectivity index is 2.29. The van der Waals surface area contributed by atoms with Gasteiger partial charge in [0.2, 0.25) is 0 Å². The molecule has 3 nitrogen and oxygen atoms in total. The van der Waals surface area contributed by atoms with Crippen LogP contribution in [0.15, 0.2) is 24.3 Å². The number of hydrogen-bond donors (Lipinski definition) is 1. The Morgan fingerprint density at radius 1 is 1.14 bits per heavy atom. The van der Waals surface area contributed by atoms with Crippen LogP contribution >= 0.6 is 0 Å². The van der Waals surface area contributed by atoms with Gasteiger partial charge in [0, 0.05) is 5.69 Å². The summed E-state index contributed by atoms with van der Waals surface area (Å²) in [5.41, 5.74) is 6.35. The summed E-state index contributed by atoms with van der Waals surface area (Å²) in [6.07, 6.45) is 1.14. The van der Waals surface area contributed by atoms with Crippen LogP contribution in [0, 0.1) is 27.7 Å². The van der Waals surface area contributed by atoms with Gasteiger partial charge < -0.3 is 5.32 Å². The Morgan fingerprint density at radius 2 is 1.90 bits per heavy atom. The van der Waals surface area contributed by atoms with Gasteiger partial charge in [-0.3, -0.25) is 4.68 Å². The van der Waals surface area contributed by atoms with Crippen LogP contribution in [0.25, 0.3) is 0 Å². The zero-order valence-electron chi connectivity index (χ0n) is 13.9. The van der Waals surface area contributed by atoms with Gasteiger partial charge in [0.1, 0.15) is 0 Å². The fraction of sp³-hybridized carbons (Fsp3) is 0.500. The number of rotatable bonds is 6. The van der Waals surface area contributed by atoms with Gasteiger partial charge in [-0.1, -0.05) is 30.7 Å². The van der Waals surface area contributed by atoms with Crippen molar-refractivity contribution in [2.45, 2.75) is 53.6 Å². The molecule has 0 spiro atoms. The quantitative estimate of drug-likeness (QED) is 0.873. The molecule has 0 aliphatic rings. The number of benzene rings is 1. The lowest BCUT2D eigenvalue weighted by molar-refractivity contribution is 0.431. The van der Waals surface area contributed by atoms with Crippen LogP contribution < -0.4 is 5.32 Å². The molecule has 2 rings (SSSR count). The molecule has 21 heavy (non-hydrogen) atoms. The first kappa shape index (κ1) is 15.8. The van der Waals surface area contributed by atoms with Crippen molar-refractivity contribution in [3.63, 3.8) is 0 Å². The van der Waals surface area contributed by atoms with Gasteiger partial charge in [0.05, 0.1) is 18.3 Å². The molecule has 0 saturated carbocycles. The molecule has 114 valence electrons. The van der Waals surface area contributed by atoms with Crippen molar-refractivity contribution in [3.05, 3.63) is 52.3 Å². The van der Waals surface area contributed by atoms with Crippen molar-refractivity contribution in [2.24, 2.45) is 0 Å². The van der Waals surface area contributed by atoms with Crippen molar-refractivity contribution in [1.29, 1.82) is 0 Å². The van der Waals surface area contributed by atoms with Gasteiger partial charge in [-0.2, -0.15) is 5.10 Å². The number of hydrogen-bond acceptors (Lipinski definition) is 2. The molecule has 0 aliphatic heterocycles. The lowest BCUT2D eigenvalue weighted by Crippen LogP contribution is -2.28. The van der Waals surface area contributed by atoms with Crippen molar-refractivity contribution >= 4 is 0 Å². The van der Waals surface area contributed by atoms with E-state index in [1.54, 1.807) is 0 Å². The third kappa shape index (κ3) is 3.94. The average Bonchev–Trinajstić information content (AvgIpc) is 2.75. The maximum absolute atomic E-state index is 4.61. The molecule has 0 radical (unpaired) electrons. The highest BCUT2D eigenvalue weighted by Gasteiger charge is 2.15. The van der Waals surface area contributed by atoms with Gasteiger partial charge in [-0.25, -0.2) is 0 Å². The van der Waals surface area contributed by atoms with E-state index in [-0.39, 0.29) is 0 Å².